The van der Waals surface area contributed by atoms with Gasteiger partial charge in [-0.25, -0.2) is 4.98 Å². The Bertz CT molecular complexity index is 2140. The third-order valence-corrected chi connectivity index (χ3v) is 11.0. The first-order valence-corrected chi connectivity index (χ1v) is 15.6. The zero-order valence-electron chi connectivity index (χ0n) is 22.6. The minimum atomic E-state index is -3.15. The number of hydrogen-bond donors (Lipinski definition) is 0. The Morgan fingerprint density at radius 3 is 2.00 bits per heavy atom. The van der Waals surface area contributed by atoms with Crippen molar-refractivity contribution in [2.24, 2.45) is 0 Å². The van der Waals surface area contributed by atoms with Gasteiger partial charge >= 0.3 is 0 Å². The van der Waals surface area contributed by atoms with Gasteiger partial charge in [0, 0.05) is 16.6 Å². The molecule has 4 nitrogen and oxygen atoms in total. The Morgan fingerprint density at radius 1 is 0.548 bits per heavy atom. The first kappa shape index (κ1) is 24.6. The summed E-state index contributed by atoms with van der Waals surface area (Å²) in [5, 5.41) is 2.26. The minimum Gasteiger partial charge on any atom is -0.456 e. The van der Waals surface area contributed by atoms with Crippen molar-refractivity contribution in [3.63, 3.8) is 0 Å². The summed E-state index contributed by atoms with van der Waals surface area (Å²) < 4.78 is 23.6. The fourth-order valence-corrected chi connectivity index (χ4v) is 8.75. The van der Waals surface area contributed by atoms with Crippen LogP contribution in [0.2, 0.25) is 0 Å². The zero-order chi connectivity index (χ0) is 28.1. The Hall–Kier alpha value is -5.18. The van der Waals surface area contributed by atoms with Crippen LogP contribution in [0.15, 0.2) is 152 Å². The third kappa shape index (κ3) is 3.84. The standard InChI is InChI=1S/C37H25N2O2P/c40-42(30-13-5-2-6-14-30)35-18-10-9-17-33(35)41-34-24-21-28(25-36(34)42)26-19-22-29(23-20-26)39-32-16-8-7-15-31(32)38-37(39)27-11-3-1-4-12-27/h1-25H. The van der Waals surface area contributed by atoms with Gasteiger partial charge in [0.15, 0.2) is 7.14 Å². The SMILES string of the molecule is O=P1(c2ccccc2)c2ccccc2Oc2ccc(-c3ccc(-n4c(-c5ccccc5)nc5ccccc54)cc3)cc21. The number of para-hydroxylation sites is 3. The molecule has 6 aromatic carbocycles. The van der Waals surface area contributed by atoms with Gasteiger partial charge in [-0.1, -0.05) is 103 Å². The fraction of sp³-hybridized carbons (Fsp3) is 0. The lowest BCUT2D eigenvalue weighted by atomic mass is 10.0. The number of ether oxygens (including phenoxy) is 1. The molecular weight excluding hydrogens is 535 g/mol. The van der Waals surface area contributed by atoms with E-state index in [-0.39, 0.29) is 0 Å². The first-order valence-electron chi connectivity index (χ1n) is 13.9. The number of benzene rings is 6. The molecule has 1 aromatic heterocycles. The van der Waals surface area contributed by atoms with E-state index in [4.69, 9.17) is 9.72 Å². The van der Waals surface area contributed by atoms with Gasteiger partial charge in [0.1, 0.15) is 17.3 Å². The van der Waals surface area contributed by atoms with Gasteiger partial charge in [0.25, 0.3) is 0 Å². The van der Waals surface area contributed by atoms with Crippen LogP contribution in [-0.4, -0.2) is 9.55 Å². The van der Waals surface area contributed by atoms with Crippen LogP contribution >= 0.6 is 7.14 Å². The highest BCUT2D eigenvalue weighted by atomic mass is 31.2. The lowest BCUT2D eigenvalue weighted by molar-refractivity contribution is 0.485. The first-order chi connectivity index (χ1) is 20.7. The monoisotopic (exact) mass is 560 g/mol. The average molecular weight is 561 g/mol. The highest BCUT2D eigenvalue weighted by Crippen LogP contribution is 2.52. The molecule has 0 saturated heterocycles. The molecule has 5 heteroatoms. The van der Waals surface area contributed by atoms with E-state index in [1.54, 1.807) is 0 Å². The molecule has 0 fully saturated rings. The van der Waals surface area contributed by atoms with Crippen LogP contribution in [0.4, 0.5) is 0 Å². The van der Waals surface area contributed by atoms with Gasteiger partial charge in [-0.3, -0.25) is 4.57 Å². The molecule has 0 N–H and O–H groups in total. The fourth-order valence-electron chi connectivity index (χ4n) is 5.87. The van der Waals surface area contributed by atoms with Crippen LogP contribution in [0, 0.1) is 0 Å². The van der Waals surface area contributed by atoms with Crippen LogP contribution in [0.25, 0.3) is 39.2 Å². The molecule has 7 aromatic rings. The Labute approximate surface area is 243 Å². The topological polar surface area (TPSA) is 44.1 Å². The summed E-state index contributed by atoms with van der Waals surface area (Å²) in [7, 11) is -3.15. The lowest BCUT2D eigenvalue weighted by Crippen LogP contribution is -2.30. The van der Waals surface area contributed by atoms with Crippen LogP contribution in [0.1, 0.15) is 0 Å². The molecule has 8 rings (SSSR count). The second kappa shape index (κ2) is 9.73. The van der Waals surface area contributed by atoms with E-state index in [0.717, 1.165) is 55.1 Å². The Balaban J connectivity index is 1.24. The molecule has 1 unspecified atom stereocenters. The summed E-state index contributed by atoms with van der Waals surface area (Å²) >= 11 is 0. The maximum Gasteiger partial charge on any atom is 0.178 e. The van der Waals surface area contributed by atoms with E-state index >= 15 is 4.57 Å². The van der Waals surface area contributed by atoms with Crippen molar-refractivity contribution < 1.29 is 9.30 Å². The molecule has 0 saturated carbocycles. The van der Waals surface area contributed by atoms with E-state index in [0.29, 0.717) is 11.5 Å². The van der Waals surface area contributed by atoms with Crippen LogP contribution in [0.3, 0.4) is 0 Å². The Kier molecular flexibility index (Phi) is 5.70. The molecule has 1 aliphatic rings. The summed E-state index contributed by atoms with van der Waals surface area (Å²) in [6.45, 7) is 0. The molecule has 200 valence electrons. The van der Waals surface area contributed by atoms with Gasteiger partial charge in [-0.05, 0) is 59.7 Å². The lowest BCUT2D eigenvalue weighted by Gasteiger charge is -2.29. The van der Waals surface area contributed by atoms with Gasteiger partial charge < -0.3 is 9.30 Å². The van der Waals surface area contributed by atoms with Crippen molar-refractivity contribution >= 4 is 34.1 Å². The number of imidazole rings is 1. The Morgan fingerprint density at radius 2 is 1.19 bits per heavy atom. The minimum absolute atomic E-state index is 0.638. The van der Waals surface area contributed by atoms with Crippen molar-refractivity contribution in [3.05, 3.63) is 152 Å². The maximum absolute atomic E-state index is 15.1. The van der Waals surface area contributed by atoms with Crippen LogP contribution < -0.4 is 20.7 Å². The largest absolute Gasteiger partial charge is 0.456 e. The molecule has 1 aliphatic heterocycles. The highest BCUT2D eigenvalue weighted by molar-refractivity contribution is 7.85. The summed E-state index contributed by atoms with van der Waals surface area (Å²) in [4.78, 5) is 4.97. The normalized spacial score (nSPS) is 15.5. The van der Waals surface area contributed by atoms with E-state index in [2.05, 4.69) is 47.0 Å². The molecule has 1 atom stereocenters. The van der Waals surface area contributed by atoms with Gasteiger partial charge in [-0.15, -0.1) is 0 Å². The molecule has 0 amide bonds. The number of nitrogens with zero attached hydrogens (tertiary/aromatic N) is 2. The smallest absolute Gasteiger partial charge is 0.178 e. The quantitative estimate of drug-likeness (QED) is 0.204. The summed E-state index contributed by atoms with van der Waals surface area (Å²) in [6, 6.07) is 50.4. The molecule has 0 aliphatic carbocycles. The van der Waals surface area contributed by atoms with Crippen molar-refractivity contribution in [2.75, 3.05) is 0 Å². The summed E-state index contributed by atoms with van der Waals surface area (Å²) in [6.07, 6.45) is 0. The van der Waals surface area contributed by atoms with Crippen LogP contribution in [0.5, 0.6) is 11.5 Å². The predicted octanol–water partition coefficient (Wildman–Crippen LogP) is 8.10. The number of aromatic nitrogens is 2. The van der Waals surface area contributed by atoms with Gasteiger partial charge in [-0.2, -0.15) is 0 Å². The average Bonchev–Trinajstić information content (AvgIpc) is 3.45. The molecule has 2 heterocycles. The second-order valence-corrected chi connectivity index (χ2v) is 13.1. The van der Waals surface area contributed by atoms with Crippen molar-refractivity contribution in [1.82, 2.24) is 9.55 Å². The third-order valence-electron chi connectivity index (χ3n) is 7.89. The maximum atomic E-state index is 15.1. The van der Waals surface area contributed by atoms with Crippen molar-refractivity contribution in [3.8, 4) is 39.7 Å². The van der Waals surface area contributed by atoms with Crippen molar-refractivity contribution in [2.45, 2.75) is 0 Å². The molecule has 0 radical (unpaired) electrons. The van der Waals surface area contributed by atoms with E-state index in [9.17, 15) is 0 Å². The molecule has 42 heavy (non-hydrogen) atoms. The van der Waals surface area contributed by atoms with Crippen LogP contribution in [-0.2, 0) is 4.57 Å². The summed E-state index contributed by atoms with van der Waals surface area (Å²) in [5.41, 5.74) is 6.11. The van der Waals surface area contributed by atoms with E-state index < -0.39 is 7.14 Å². The predicted molar refractivity (Wildman–Crippen MR) is 171 cm³/mol. The molecule has 0 bridgehead atoms. The molecular formula is C37H25N2O2P. The second-order valence-electron chi connectivity index (χ2n) is 10.4. The summed E-state index contributed by atoms with van der Waals surface area (Å²) in [5.74, 6) is 2.19. The van der Waals surface area contributed by atoms with Gasteiger partial charge in [0.2, 0.25) is 0 Å². The van der Waals surface area contributed by atoms with E-state index in [1.165, 1.54) is 0 Å². The zero-order valence-corrected chi connectivity index (χ0v) is 23.5. The number of rotatable bonds is 4. The van der Waals surface area contributed by atoms with E-state index in [1.807, 2.05) is 109 Å². The molecule has 0 spiro atoms. The number of fused-ring (bicyclic) bond motifs is 3. The highest BCUT2D eigenvalue weighted by Gasteiger charge is 2.39. The van der Waals surface area contributed by atoms with Gasteiger partial charge in [0.05, 0.1) is 21.6 Å². The number of hydrogen-bond acceptors (Lipinski definition) is 3. The van der Waals surface area contributed by atoms with Crippen molar-refractivity contribution in [1.29, 1.82) is 0 Å².